The number of hydrogen-bond acceptors (Lipinski definition) is 2. The Hall–Kier alpha value is -0.960. The molecule has 100 valence electrons. The standard InChI is InChI=1S/C16H18ClNS/c1-11-6-7-12(2)15(8-11)16(18)10-19-14-5-3-4-13(17)9-14/h3-9,16H,10,18H2,1-2H3. The molecule has 1 nitrogen and oxygen atoms in total. The minimum Gasteiger partial charge on any atom is -0.323 e. The molecule has 1 unspecified atom stereocenters. The summed E-state index contributed by atoms with van der Waals surface area (Å²) in [6.07, 6.45) is 0. The predicted octanol–water partition coefficient (Wildman–Crippen LogP) is 4.75. The van der Waals surface area contributed by atoms with Crippen LogP contribution in [0.2, 0.25) is 5.02 Å². The average molecular weight is 292 g/mol. The van der Waals surface area contributed by atoms with Crippen molar-refractivity contribution < 1.29 is 0 Å². The predicted molar refractivity (Wildman–Crippen MR) is 85.0 cm³/mol. The van der Waals surface area contributed by atoms with Gasteiger partial charge in [0.1, 0.15) is 0 Å². The van der Waals surface area contributed by atoms with E-state index in [4.69, 9.17) is 17.3 Å². The van der Waals surface area contributed by atoms with Crippen LogP contribution in [0.5, 0.6) is 0 Å². The quantitative estimate of drug-likeness (QED) is 0.823. The normalized spacial score (nSPS) is 12.4. The maximum atomic E-state index is 6.30. The molecule has 2 aromatic rings. The van der Waals surface area contributed by atoms with Crippen LogP contribution in [0.4, 0.5) is 0 Å². The van der Waals surface area contributed by atoms with Crippen LogP contribution in [0.15, 0.2) is 47.4 Å². The van der Waals surface area contributed by atoms with E-state index in [1.54, 1.807) is 11.8 Å². The molecule has 3 heteroatoms. The summed E-state index contributed by atoms with van der Waals surface area (Å²) in [5.41, 5.74) is 10.0. The summed E-state index contributed by atoms with van der Waals surface area (Å²) in [7, 11) is 0. The van der Waals surface area contributed by atoms with Crippen molar-refractivity contribution in [2.24, 2.45) is 5.73 Å². The Morgan fingerprint density at radius 1 is 1.16 bits per heavy atom. The maximum absolute atomic E-state index is 6.30. The van der Waals surface area contributed by atoms with E-state index in [1.165, 1.54) is 16.7 Å². The second-order valence-corrected chi connectivity index (χ2v) is 6.26. The molecule has 2 rings (SSSR count). The van der Waals surface area contributed by atoms with Gasteiger partial charge in [0.2, 0.25) is 0 Å². The first-order valence-electron chi connectivity index (χ1n) is 6.27. The molecule has 0 spiro atoms. The fourth-order valence-corrected chi connectivity index (χ4v) is 3.18. The summed E-state index contributed by atoms with van der Waals surface area (Å²) in [4.78, 5) is 1.16. The Kier molecular flexibility index (Phi) is 4.92. The molecule has 0 bridgehead atoms. The van der Waals surface area contributed by atoms with Gasteiger partial charge in [-0.3, -0.25) is 0 Å². The molecule has 0 saturated carbocycles. The van der Waals surface area contributed by atoms with E-state index in [9.17, 15) is 0 Å². The Labute approximate surface area is 124 Å². The number of thioether (sulfide) groups is 1. The topological polar surface area (TPSA) is 26.0 Å². The van der Waals surface area contributed by atoms with E-state index < -0.39 is 0 Å². The summed E-state index contributed by atoms with van der Waals surface area (Å²) in [6.45, 7) is 4.21. The molecule has 0 radical (unpaired) electrons. The SMILES string of the molecule is Cc1ccc(C)c(C(N)CSc2cccc(Cl)c2)c1. The Morgan fingerprint density at radius 2 is 1.95 bits per heavy atom. The molecule has 2 aromatic carbocycles. The fourth-order valence-electron chi connectivity index (χ4n) is 1.99. The second kappa shape index (κ2) is 6.47. The molecule has 0 aliphatic heterocycles. The Balaban J connectivity index is 2.05. The molecule has 2 N–H and O–H groups in total. The lowest BCUT2D eigenvalue weighted by Crippen LogP contribution is -2.14. The van der Waals surface area contributed by atoms with Crippen LogP contribution in [-0.4, -0.2) is 5.75 Å². The molecule has 1 atom stereocenters. The van der Waals surface area contributed by atoms with E-state index in [-0.39, 0.29) is 6.04 Å². The summed E-state index contributed by atoms with van der Waals surface area (Å²) in [5.74, 6) is 0.852. The van der Waals surface area contributed by atoms with Gasteiger partial charge < -0.3 is 5.73 Å². The summed E-state index contributed by atoms with van der Waals surface area (Å²) >= 11 is 7.72. The average Bonchev–Trinajstić information content (AvgIpc) is 2.39. The summed E-state index contributed by atoms with van der Waals surface area (Å²) in [6, 6.07) is 14.4. The van der Waals surface area contributed by atoms with Gasteiger partial charge in [0.05, 0.1) is 0 Å². The second-order valence-electron chi connectivity index (χ2n) is 4.73. The minimum atomic E-state index is 0.0453. The van der Waals surface area contributed by atoms with Crippen LogP contribution in [-0.2, 0) is 0 Å². The molecule has 0 saturated heterocycles. The first-order valence-corrected chi connectivity index (χ1v) is 7.64. The van der Waals surface area contributed by atoms with Crippen molar-refractivity contribution in [2.45, 2.75) is 24.8 Å². The lowest BCUT2D eigenvalue weighted by Gasteiger charge is -2.15. The van der Waals surface area contributed by atoms with Crippen molar-refractivity contribution in [1.29, 1.82) is 0 Å². The van der Waals surface area contributed by atoms with Gasteiger partial charge in [-0.1, -0.05) is 41.4 Å². The van der Waals surface area contributed by atoms with E-state index >= 15 is 0 Å². The molecule has 0 heterocycles. The van der Waals surface area contributed by atoms with Crippen LogP contribution in [0.25, 0.3) is 0 Å². The lowest BCUT2D eigenvalue weighted by atomic mass is 10.0. The van der Waals surface area contributed by atoms with E-state index in [1.807, 2.05) is 18.2 Å². The van der Waals surface area contributed by atoms with E-state index in [2.05, 4.69) is 38.1 Å². The van der Waals surface area contributed by atoms with Gasteiger partial charge in [-0.25, -0.2) is 0 Å². The van der Waals surface area contributed by atoms with Crippen molar-refractivity contribution in [3.8, 4) is 0 Å². The van der Waals surface area contributed by atoms with Crippen molar-refractivity contribution in [3.05, 3.63) is 64.2 Å². The zero-order valence-corrected chi connectivity index (χ0v) is 12.8. The smallest absolute Gasteiger partial charge is 0.0417 e. The highest BCUT2D eigenvalue weighted by Gasteiger charge is 2.10. The molecular weight excluding hydrogens is 274 g/mol. The molecule has 0 amide bonds. The maximum Gasteiger partial charge on any atom is 0.0417 e. The monoisotopic (exact) mass is 291 g/mol. The Bertz CT molecular complexity index is 568. The Morgan fingerprint density at radius 3 is 2.68 bits per heavy atom. The van der Waals surface area contributed by atoms with Crippen molar-refractivity contribution in [2.75, 3.05) is 5.75 Å². The van der Waals surface area contributed by atoms with Gasteiger partial charge in [-0.15, -0.1) is 11.8 Å². The van der Waals surface area contributed by atoms with Crippen LogP contribution in [0.1, 0.15) is 22.7 Å². The highest BCUT2D eigenvalue weighted by atomic mass is 35.5. The lowest BCUT2D eigenvalue weighted by molar-refractivity contribution is 0.821. The molecule has 19 heavy (non-hydrogen) atoms. The third-order valence-corrected chi connectivity index (χ3v) is 4.41. The van der Waals surface area contributed by atoms with Gasteiger partial charge >= 0.3 is 0 Å². The molecule has 0 fully saturated rings. The van der Waals surface area contributed by atoms with Crippen molar-refractivity contribution >= 4 is 23.4 Å². The number of hydrogen-bond donors (Lipinski definition) is 1. The molecule has 0 aliphatic rings. The highest BCUT2D eigenvalue weighted by molar-refractivity contribution is 7.99. The number of benzene rings is 2. The zero-order chi connectivity index (χ0) is 13.8. The number of halogens is 1. The van der Waals surface area contributed by atoms with Crippen molar-refractivity contribution in [1.82, 2.24) is 0 Å². The summed E-state index contributed by atoms with van der Waals surface area (Å²) < 4.78 is 0. The van der Waals surface area contributed by atoms with Gasteiger partial charge in [-0.05, 0) is 43.2 Å². The third-order valence-electron chi connectivity index (χ3n) is 3.06. The van der Waals surface area contributed by atoms with Crippen molar-refractivity contribution in [3.63, 3.8) is 0 Å². The highest BCUT2D eigenvalue weighted by Crippen LogP contribution is 2.27. The molecular formula is C16H18ClNS. The fraction of sp³-hybridized carbons (Fsp3) is 0.250. The molecule has 0 aliphatic carbocycles. The van der Waals surface area contributed by atoms with Crippen LogP contribution in [0.3, 0.4) is 0 Å². The van der Waals surface area contributed by atoms with Gasteiger partial charge in [-0.2, -0.15) is 0 Å². The summed E-state index contributed by atoms with van der Waals surface area (Å²) in [5, 5.41) is 0.769. The van der Waals surface area contributed by atoms with Gasteiger partial charge in [0.25, 0.3) is 0 Å². The minimum absolute atomic E-state index is 0.0453. The van der Waals surface area contributed by atoms with E-state index in [0.29, 0.717) is 0 Å². The van der Waals surface area contributed by atoms with Crippen LogP contribution < -0.4 is 5.73 Å². The van der Waals surface area contributed by atoms with Crippen LogP contribution in [0, 0.1) is 13.8 Å². The number of nitrogens with two attached hydrogens (primary N) is 1. The molecule has 0 aromatic heterocycles. The number of rotatable bonds is 4. The van der Waals surface area contributed by atoms with E-state index in [0.717, 1.165) is 15.7 Å². The third kappa shape index (κ3) is 4.00. The van der Waals surface area contributed by atoms with Gasteiger partial charge in [0.15, 0.2) is 0 Å². The van der Waals surface area contributed by atoms with Crippen LogP contribution >= 0.6 is 23.4 Å². The zero-order valence-electron chi connectivity index (χ0n) is 11.2. The number of aryl methyl sites for hydroxylation is 2. The first-order chi connectivity index (χ1) is 9.06. The first kappa shape index (κ1) is 14.4. The van der Waals surface area contributed by atoms with Gasteiger partial charge in [0, 0.05) is 21.7 Å². The largest absolute Gasteiger partial charge is 0.323 e.